The Morgan fingerprint density at radius 2 is 1.84 bits per heavy atom. The molecular formula is C15H27ClN2O. The lowest BCUT2D eigenvalue weighted by atomic mass is 9.73. The molecule has 110 valence electrons. The van der Waals surface area contributed by atoms with Crippen LogP contribution in [-0.4, -0.2) is 36.5 Å². The fourth-order valence-electron chi connectivity index (χ4n) is 4.12. The van der Waals surface area contributed by atoms with Crippen molar-refractivity contribution in [2.45, 2.75) is 63.8 Å². The molecule has 0 unspecified atom stereocenters. The predicted molar refractivity (Wildman–Crippen MR) is 79.6 cm³/mol. The largest absolute Gasteiger partial charge is 0.341 e. The molecule has 0 radical (unpaired) electrons. The topological polar surface area (TPSA) is 32.3 Å². The lowest BCUT2D eigenvalue weighted by molar-refractivity contribution is -0.133. The van der Waals surface area contributed by atoms with E-state index in [0.29, 0.717) is 11.3 Å². The minimum atomic E-state index is 0. The van der Waals surface area contributed by atoms with E-state index in [-0.39, 0.29) is 18.4 Å². The number of carbonyl (C=O) groups is 1. The van der Waals surface area contributed by atoms with Gasteiger partial charge in [0.05, 0.1) is 6.04 Å². The zero-order chi connectivity index (χ0) is 12.4. The lowest BCUT2D eigenvalue weighted by Crippen LogP contribution is -2.48. The maximum atomic E-state index is 12.5. The second-order valence-corrected chi connectivity index (χ2v) is 6.57. The molecule has 3 nitrogen and oxygen atoms in total. The molecule has 1 N–H and O–H groups in total. The summed E-state index contributed by atoms with van der Waals surface area (Å²) in [5, 5.41) is 3.40. The highest BCUT2D eigenvalue weighted by atomic mass is 35.5. The molecule has 2 saturated heterocycles. The number of rotatable bonds is 1. The van der Waals surface area contributed by atoms with E-state index in [1.807, 2.05) is 0 Å². The second-order valence-electron chi connectivity index (χ2n) is 6.57. The van der Waals surface area contributed by atoms with E-state index in [1.165, 1.54) is 51.4 Å². The van der Waals surface area contributed by atoms with Crippen LogP contribution in [0.5, 0.6) is 0 Å². The normalized spacial score (nSPS) is 30.1. The van der Waals surface area contributed by atoms with E-state index >= 15 is 0 Å². The third-order valence-electron chi connectivity index (χ3n) is 5.27. The first-order valence-corrected chi connectivity index (χ1v) is 7.81. The predicted octanol–water partition coefficient (Wildman–Crippen LogP) is 2.73. The fourth-order valence-corrected chi connectivity index (χ4v) is 4.12. The third kappa shape index (κ3) is 3.25. The molecule has 1 spiro atoms. The fraction of sp³-hybridized carbons (Fsp3) is 0.933. The van der Waals surface area contributed by atoms with Crippen molar-refractivity contribution in [2.24, 2.45) is 5.41 Å². The van der Waals surface area contributed by atoms with Crippen LogP contribution in [0.2, 0.25) is 0 Å². The van der Waals surface area contributed by atoms with Gasteiger partial charge < -0.3 is 10.2 Å². The van der Waals surface area contributed by atoms with Crippen molar-refractivity contribution in [3.63, 3.8) is 0 Å². The van der Waals surface area contributed by atoms with Crippen molar-refractivity contribution in [1.82, 2.24) is 10.2 Å². The number of halogens is 1. The maximum Gasteiger partial charge on any atom is 0.239 e. The maximum absolute atomic E-state index is 12.5. The Kier molecular flexibility index (Phi) is 5.13. The molecule has 19 heavy (non-hydrogen) atoms. The first-order valence-electron chi connectivity index (χ1n) is 7.81. The van der Waals surface area contributed by atoms with Gasteiger partial charge in [0, 0.05) is 13.1 Å². The number of nitrogens with one attached hydrogen (secondary N) is 1. The highest BCUT2D eigenvalue weighted by Gasteiger charge is 2.41. The average molecular weight is 287 g/mol. The van der Waals surface area contributed by atoms with Crippen LogP contribution in [0, 0.1) is 5.41 Å². The zero-order valence-electron chi connectivity index (χ0n) is 11.8. The molecule has 3 fully saturated rings. The van der Waals surface area contributed by atoms with Crippen molar-refractivity contribution in [3.8, 4) is 0 Å². The van der Waals surface area contributed by atoms with Crippen LogP contribution < -0.4 is 5.32 Å². The Morgan fingerprint density at radius 1 is 1.05 bits per heavy atom. The summed E-state index contributed by atoms with van der Waals surface area (Å²) in [5.41, 5.74) is 0.503. The van der Waals surface area contributed by atoms with Crippen molar-refractivity contribution in [1.29, 1.82) is 0 Å². The summed E-state index contributed by atoms with van der Waals surface area (Å²) in [4.78, 5) is 14.7. The molecule has 4 heteroatoms. The number of hydrogen-bond donors (Lipinski definition) is 1. The van der Waals surface area contributed by atoms with E-state index in [9.17, 15) is 4.79 Å². The van der Waals surface area contributed by atoms with Gasteiger partial charge >= 0.3 is 0 Å². The van der Waals surface area contributed by atoms with Crippen LogP contribution in [-0.2, 0) is 4.79 Å². The Morgan fingerprint density at radius 3 is 2.53 bits per heavy atom. The van der Waals surface area contributed by atoms with Crippen LogP contribution in [0.15, 0.2) is 0 Å². The molecule has 1 saturated carbocycles. The van der Waals surface area contributed by atoms with Gasteiger partial charge in [0.15, 0.2) is 0 Å². The Bertz CT molecular complexity index is 309. The van der Waals surface area contributed by atoms with E-state index in [2.05, 4.69) is 10.2 Å². The minimum absolute atomic E-state index is 0. The molecule has 0 aromatic carbocycles. The van der Waals surface area contributed by atoms with Gasteiger partial charge in [-0.1, -0.05) is 25.7 Å². The molecule has 0 bridgehead atoms. The van der Waals surface area contributed by atoms with Crippen molar-refractivity contribution >= 4 is 18.3 Å². The quantitative estimate of drug-likeness (QED) is 0.804. The second kappa shape index (κ2) is 6.45. The van der Waals surface area contributed by atoms with Crippen LogP contribution in [0.25, 0.3) is 0 Å². The molecule has 3 rings (SSSR count). The Balaban J connectivity index is 0.00000133. The Hall–Kier alpha value is -0.280. The molecule has 0 aromatic heterocycles. The number of piperidine rings is 1. The van der Waals surface area contributed by atoms with Gasteiger partial charge in [-0.3, -0.25) is 4.79 Å². The Labute approximate surface area is 122 Å². The number of likely N-dealkylation sites (tertiary alicyclic amines) is 1. The van der Waals surface area contributed by atoms with E-state index < -0.39 is 0 Å². The lowest BCUT2D eigenvalue weighted by Gasteiger charge is -2.34. The molecule has 1 atom stereocenters. The zero-order valence-corrected chi connectivity index (χ0v) is 12.6. The summed E-state index contributed by atoms with van der Waals surface area (Å²) >= 11 is 0. The summed E-state index contributed by atoms with van der Waals surface area (Å²) < 4.78 is 0. The van der Waals surface area contributed by atoms with Crippen LogP contribution in [0.4, 0.5) is 0 Å². The summed E-state index contributed by atoms with van der Waals surface area (Å²) in [7, 11) is 0. The highest BCUT2D eigenvalue weighted by molar-refractivity contribution is 5.85. The number of nitrogens with zero attached hydrogens (tertiary/aromatic N) is 1. The molecule has 1 amide bonds. The summed E-state index contributed by atoms with van der Waals surface area (Å²) in [6, 6.07) is 0.123. The van der Waals surface area contributed by atoms with Gasteiger partial charge in [0.1, 0.15) is 0 Å². The minimum Gasteiger partial charge on any atom is -0.341 e. The van der Waals surface area contributed by atoms with E-state index in [0.717, 1.165) is 26.1 Å². The molecular weight excluding hydrogens is 260 g/mol. The highest BCUT2D eigenvalue weighted by Crippen LogP contribution is 2.43. The summed E-state index contributed by atoms with van der Waals surface area (Å²) in [5.74, 6) is 0.386. The van der Waals surface area contributed by atoms with Gasteiger partial charge in [-0.2, -0.15) is 0 Å². The van der Waals surface area contributed by atoms with Gasteiger partial charge in [0.2, 0.25) is 5.91 Å². The van der Waals surface area contributed by atoms with E-state index in [1.54, 1.807) is 0 Å². The standard InChI is InChI=1S/C15H26N2O.ClH/c18-14(13-6-2-5-10-16-13)17-11-9-15(12-17)7-3-1-4-8-15;/h13,16H,1-12H2;1H/t13-;/m1./s1. The number of hydrogen-bond acceptors (Lipinski definition) is 2. The van der Waals surface area contributed by atoms with Gasteiger partial charge in [0.25, 0.3) is 0 Å². The van der Waals surface area contributed by atoms with Gasteiger partial charge in [-0.15, -0.1) is 12.4 Å². The first kappa shape index (κ1) is 15.1. The van der Waals surface area contributed by atoms with Gasteiger partial charge in [-0.05, 0) is 44.1 Å². The molecule has 2 aliphatic heterocycles. The van der Waals surface area contributed by atoms with Crippen molar-refractivity contribution in [2.75, 3.05) is 19.6 Å². The van der Waals surface area contributed by atoms with Crippen LogP contribution >= 0.6 is 12.4 Å². The molecule has 0 aromatic rings. The summed E-state index contributed by atoms with van der Waals surface area (Å²) in [6.45, 7) is 3.08. The van der Waals surface area contributed by atoms with Crippen LogP contribution in [0.1, 0.15) is 57.8 Å². The number of carbonyl (C=O) groups excluding carboxylic acids is 1. The molecule has 1 aliphatic carbocycles. The van der Waals surface area contributed by atoms with Crippen LogP contribution in [0.3, 0.4) is 0 Å². The number of amides is 1. The third-order valence-corrected chi connectivity index (χ3v) is 5.27. The SMILES string of the molecule is Cl.O=C([C@H]1CCCCN1)N1CCC2(CCCCC2)C1. The summed E-state index contributed by atoms with van der Waals surface area (Å²) in [6.07, 6.45) is 11.6. The molecule has 3 aliphatic rings. The van der Waals surface area contributed by atoms with Gasteiger partial charge in [-0.25, -0.2) is 0 Å². The average Bonchev–Trinajstić information content (AvgIpc) is 2.83. The first-order chi connectivity index (χ1) is 8.79. The smallest absolute Gasteiger partial charge is 0.239 e. The molecule has 2 heterocycles. The van der Waals surface area contributed by atoms with E-state index in [4.69, 9.17) is 0 Å². The van der Waals surface area contributed by atoms with Crippen molar-refractivity contribution < 1.29 is 4.79 Å². The van der Waals surface area contributed by atoms with Crippen molar-refractivity contribution in [3.05, 3.63) is 0 Å². The monoisotopic (exact) mass is 286 g/mol.